The molecule has 0 radical (unpaired) electrons. The van der Waals surface area contributed by atoms with Gasteiger partial charge in [-0.15, -0.1) is 0 Å². The zero-order valence-corrected chi connectivity index (χ0v) is 12.0. The van der Waals surface area contributed by atoms with Crippen molar-refractivity contribution < 1.29 is 20.4 Å². The standard InChI is InChI=1S/C14H15P.Pd/c1-11-7-3-5-9-13(11)15-14-10-6-4-8-12(14)2;/h3-10,15H,1-2H3;. The van der Waals surface area contributed by atoms with Crippen molar-refractivity contribution in [2.24, 2.45) is 0 Å². The van der Waals surface area contributed by atoms with Crippen molar-refractivity contribution in [1.29, 1.82) is 0 Å². The van der Waals surface area contributed by atoms with Gasteiger partial charge in [0, 0.05) is 20.4 Å². The molecule has 0 bridgehead atoms. The molecule has 2 rings (SSSR count). The molecule has 0 amide bonds. The Balaban J connectivity index is 0.00000128. The van der Waals surface area contributed by atoms with Crippen LogP contribution in [0.2, 0.25) is 0 Å². The van der Waals surface area contributed by atoms with Crippen LogP contribution < -0.4 is 10.6 Å². The van der Waals surface area contributed by atoms with E-state index >= 15 is 0 Å². The first-order valence-corrected chi connectivity index (χ1v) is 6.15. The van der Waals surface area contributed by atoms with Crippen molar-refractivity contribution in [2.75, 3.05) is 0 Å². The summed E-state index contributed by atoms with van der Waals surface area (Å²) in [5, 5.41) is 2.90. The zero-order valence-electron chi connectivity index (χ0n) is 9.44. The Bertz CT molecular complexity index is 422. The third-order valence-electron chi connectivity index (χ3n) is 2.56. The molecule has 0 atom stereocenters. The van der Waals surface area contributed by atoms with Crippen molar-refractivity contribution >= 4 is 19.2 Å². The SMILES string of the molecule is Cc1ccccc1Pc1ccccc1C.[Pd]. The summed E-state index contributed by atoms with van der Waals surface area (Å²) < 4.78 is 0. The van der Waals surface area contributed by atoms with E-state index in [9.17, 15) is 0 Å². The van der Waals surface area contributed by atoms with Crippen molar-refractivity contribution in [3.05, 3.63) is 59.7 Å². The molecule has 0 saturated heterocycles. The second kappa shape index (κ2) is 6.31. The number of hydrogen-bond acceptors (Lipinski definition) is 0. The molecule has 0 spiro atoms. The summed E-state index contributed by atoms with van der Waals surface area (Å²) in [5.74, 6) is 0. The van der Waals surface area contributed by atoms with E-state index < -0.39 is 0 Å². The van der Waals surface area contributed by atoms with E-state index in [0.717, 1.165) is 8.58 Å². The van der Waals surface area contributed by atoms with Crippen LogP contribution in [0.25, 0.3) is 0 Å². The second-order valence-corrected chi connectivity index (χ2v) is 5.08. The molecule has 2 aromatic carbocycles. The van der Waals surface area contributed by atoms with Crippen molar-refractivity contribution in [3.8, 4) is 0 Å². The van der Waals surface area contributed by atoms with Gasteiger partial charge in [-0.3, -0.25) is 0 Å². The Morgan fingerprint density at radius 2 is 1.06 bits per heavy atom. The van der Waals surface area contributed by atoms with E-state index in [1.54, 1.807) is 0 Å². The van der Waals surface area contributed by atoms with Crippen LogP contribution in [-0.4, -0.2) is 0 Å². The average Bonchev–Trinajstić information content (AvgIpc) is 2.24. The first-order chi connectivity index (χ1) is 7.27. The van der Waals surface area contributed by atoms with Gasteiger partial charge in [-0.25, -0.2) is 0 Å². The molecular formula is C14H15PPd. The van der Waals surface area contributed by atoms with Gasteiger partial charge >= 0.3 is 0 Å². The van der Waals surface area contributed by atoms with E-state index in [0.29, 0.717) is 0 Å². The van der Waals surface area contributed by atoms with Crippen LogP contribution in [-0.2, 0) is 20.4 Å². The van der Waals surface area contributed by atoms with Gasteiger partial charge in [0.15, 0.2) is 0 Å². The van der Waals surface area contributed by atoms with Crippen LogP contribution in [0.5, 0.6) is 0 Å². The summed E-state index contributed by atoms with van der Waals surface area (Å²) in [7, 11) is 0.774. The van der Waals surface area contributed by atoms with E-state index in [1.165, 1.54) is 21.7 Å². The van der Waals surface area contributed by atoms with E-state index in [2.05, 4.69) is 62.4 Å². The van der Waals surface area contributed by atoms with Gasteiger partial charge in [-0.1, -0.05) is 57.1 Å². The quantitative estimate of drug-likeness (QED) is 0.589. The van der Waals surface area contributed by atoms with Gasteiger partial charge in [0.05, 0.1) is 0 Å². The Kier molecular flexibility index (Phi) is 5.36. The second-order valence-electron chi connectivity index (χ2n) is 3.75. The molecule has 0 saturated carbocycles. The maximum absolute atomic E-state index is 2.22. The van der Waals surface area contributed by atoms with Gasteiger partial charge in [-0.2, -0.15) is 0 Å². The summed E-state index contributed by atoms with van der Waals surface area (Å²) in [6.07, 6.45) is 0. The summed E-state index contributed by atoms with van der Waals surface area (Å²) in [5.41, 5.74) is 2.78. The normalized spacial score (nSPS) is 9.62. The molecule has 0 N–H and O–H groups in total. The average molecular weight is 321 g/mol. The maximum atomic E-state index is 2.22. The topological polar surface area (TPSA) is 0 Å². The van der Waals surface area contributed by atoms with E-state index in [-0.39, 0.29) is 20.4 Å². The molecule has 2 heteroatoms. The van der Waals surface area contributed by atoms with Gasteiger partial charge in [0.25, 0.3) is 0 Å². The third kappa shape index (κ3) is 3.26. The fourth-order valence-corrected chi connectivity index (χ4v) is 2.78. The fraction of sp³-hybridized carbons (Fsp3) is 0.143. The minimum Gasteiger partial charge on any atom is -0.0620 e. The van der Waals surface area contributed by atoms with Crippen LogP contribution >= 0.6 is 8.58 Å². The Labute approximate surface area is 113 Å². The molecular weight excluding hydrogens is 306 g/mol. The van der Waals surface area contributed by atoms with E-state index in [1.807, 2.05) is 0 Å². The smallest absolute Gasteiger partial charge is 0 e. The van der Waals surface area contributed by atoms with Crippen LogP contribution in [0.1, 0.15) is 11.1 Å². The Morgan fingerprint density at radius 3 is 1.44 bits per heavy atom. The van der Waals surface area contributed by atoms with Gasteiger partial charge < -0.3 is 0 Å². The maximum Gasteiger partial charge on any atom is 0 e. The van der Waals surface area contributed by atoms with E-state index in [4.69, 9.17) is 0 Å². The van der Waals surface area contributed by atoms with Gasteiger partial charge in [0.2, 0.25) is 0 Å². The van der Waals surface area contributed by atoms with Crippen LogP contribution in [0, 0.1) is 13.8 Å². The molecule has 0 unspecified atom stereocenters. The summed E-state index contributed by atoms with van der Waals surface area (Å²) in [6, 6.07) is 17.2. The molecule has 0 heterocycles. The first-order valence-electron chi connectivity index (χ1n) is 5.15. The Hall–Kier alpha value is -0.468. The molecule has 86 valence electrons. The molecule has 2 aromatic rings. The van der Waals surface area contributed by atoms with Gasteiger partial charge in [0.1, 0.15) is 0 Å². The number of hydrogen-bond donors (Lipinski definition) is 0. The Morgan fingerprint density at radius 1 is 0.688 bits per heavy atom. The monoisotopic (exact) mass is 320 g/mol. The largest absolute Gasteiger partial charge is 0.0620 e. The van der Waals surface area contributed by atoms with Crippen LogP contribution in [0.15, 0.2) is 48.5 Å². The molecule has 0 aliphatic heterocycles. The molecule has 0 fully saturated rings. The number of aryl methyl sites for hydroxylation is 2. The summed E-state index contributed by atoms with van der Waals surface area (Å²) in [6.45, 7) is 4.36. The molecule has 16 heavy (non-hydrogen) atoms. The van der Waals surface area contributed by atoms with Gasteiger partial charge in [-0.05, 0) is 35.6 Å². The zero-order chi connectivity index (χ0) is 10.7. The number of rotatable bonds is 2. The van der Waals surface area contributed by atoms with Crippen molar-refractivity contribution in [2.45, 2.75) is 13.8 Å². The van der Waals surface area contributed by atoms with Crippen LogP contribution in [0.4, 0.5) is 0 Å². The van der Waals surface area contributed by atoms with Crippen LogP contribution in [0.3, 0.4) is 0 Å². The minimum atomic E-state index is 0. The summed E-state index contributed by atoms with van der Waals surface area (Å²) >= 11 is 0. The fourth-order valence-electron chi connectivity index (χ4n) is 1.57. The molecule has 0 nitrogen and oxygen atoms in total. The van der Waals surface area contributed by atoms with Crippen molar-refractivity contribution in [1.82, 2.24) is 0 Å². The van der Waals surface area contributed by atoms with Crippen molar-refractivity contribution in [3.63, 3.8) is 0 Å². The molecule has 0 aliphatic carbocycles. The third-order valence-corrected chi connectivity index (χ3v) is 4.22. The predicted molar refractivity (Wildman–Crippen MR) is 69.9 cm³/mol. The summed E-state index contributed by atoms with van der Waals surface area (Å²) in [4.78, 5) is 0. The molecule has 0 aliphatic rings. The predicted octanol–water partition coefficient (Wildman–Crippen LogP) is 2.93. The number of benzene rings is 2. The molecule has 0 aromatic heterocycles. The minimum absolute atomic E-state index is 0. The first kappa shape index (κ1) is 13.6.